The van der Waals surface area contributed by atoms with Crippen molar-refractivity contribution < 1.29 is 4.52 Å². The Bertz CT molecular complexity index is 741. The summed E-state index contributed by atoms with van der Waals surface area (Å²) in [6.45, 7) is 1.74. The molecule has 9 heteroatoms. The second kappa shape index (κ2) is 4.99. The van der Waals surface area contributed by atoms with Crippen molar-refractivity contribution in [3.63, 3.8) is 0 Å². The van der Waals surface area contributed by atoms with Crippen LogP contribution in [-0.4, -0.2) is 24.7 Å². The molecule has 3 aromatic rings. The molecule has 0 atom stereocenters. The zero-order valence-electron chi connectivity index (χ0n) is 9.67. The quantitative estimate of drug-likeness (QED) is 0.692. The molecule has 0 aliphatic rings. The van der Waals surface area contributed by atoms with Crippen LogP contribution in [0.15, 0.2) is 21.9 Å². The van der Waals surface area contributed by atoms with Crippen LogP contribution in [0.2, 0.25) is 10.0 Å². The van der Waals surface area contributed by atoms with Crippen LogP contribution in [0.1, 0.15) is 11.7 Å². The smallest absolute Gasteiger partial charge is 0.223 e. The molecule has 0 aromatic carbocycles. The number of hydrogen-bond acceptors (Lipinski definition) is 6. The normalized spacial score (nSPS) is 11.3. The van der Waals surface area contributed by atoms with Crippen molar-refractivity contribution in [2.45, 2.75) is 17.8 Å². The lowest BCUT2D eigenvalue weighted by Crippen LogP contribution is -1.90. The Kier molecular flexibility index (Phi) is 3.34. The molecule has 6 nitrogen and oxygen atoms in total. The van der Waals surface area contributed by atoms with Gasteiger partial charge < -0.3 is 4.52 Å². The SMILES string of the molecule is Cc1nc(CSc2nnc3c(Cl)cc(Cl)cn23)no1. The van der Waals surface area contributed by atoms with Crippen LogP contribution in [0, 0.1) is 6.92 Å². The maximum atomic E-state index is 6.04. The van der Waals surface area contributed by atoms with Crippen molar-refractivity contribution in [2.24, 2.45) is 0 Å². The molecule has 0 amide bonds. The fraction of sp³-hybridized carbons (Fsp3) is 0.200. The van der Waals surface area contributed by atoms with E-state index in [0.717, 1.165) is 0 Å². The zero-order valence-corrected chi connectivity index (χ0v) is 12.0. The molecule has 3 heterocycles. The monoisotopic (exact) mass is 315 g/mol. The van der Waals surface area contributed by atoms with Crippen LogP contribution in [0.4, 0.5) is 0 Å². The van der Waals surface area contributed by atoms with Gasteiger partial charge in [0.2, 0.25) is 5.89 Å². The number of rotatable bonds is 3. The molecule has 0 saturated carbocycles. The van der Waals surface area contributed by atoms with Gasteiger partial charge in [0.25, 0.3) is 0 Å². The molecule has 98 valence electrons. The third-order valence-corrected chi connectivity index (χ3v) is 3.72. The second-order valence-electron chi connectivity index (χ2n) is 3.70. The predicted molar refractivity (Wildman–Crippen MR) is 71.6 cm³/mol. The minimum atomic E-state index is 0.460. The lowest BCUT2D eigenvalue weighted by atomic mass is 10.5. The van der Waals surface area contributed by atoms with Gasteiger partial charge in [-0.2, -0.15) is 4.98 Å². The summed E-state index contributed by atoms with van der Waals surface area (Å²) in [5.41, 5.74) is 0.567. The van der Waals surface area contributed by atoms with E-state index in [2.05, 4.69) is 20.3 Å². The van der Waals surface area contributed by atoms with Crippen LogP contribution >= 0.6 is 35.0 Å². The van der Waals surface area contributed by atoms with Gasteiger partial charge in [-0.3, -0.25) is 4.40 Å². The van der Waals surface area contributed by atoms with E-state index in [4.69, 9.17) is 27.7 Å². The molecule has 3 rings (SSSR count). The average molecular weight is 316 g/mol. The Morgan fingerprint density at radius 3 is 2.95 bits per heavy atom. The first-order valence-electron chi connectivity index (χ1n) is 5.25. The molecule has 0 N–H and O–H groups in total. The molecule has 0 radical (unpaired) electrons. The Morgan fingerprint density at radius 1 is 1.37 bits per heavy atom. The van der Waals surface area contributed by atoms with Crippen molar-refractivity contribution in [3.8, 4) is 0 Å². The van der Waals surface area contributed by atoms with Gasteiger partial charge in [0.05, 0.1) is 15.8 Å². The van der Waals surface area contributed by atoms with Gasteiger partial charge >= 0.3 is 0 Å². The van der Waals surface area contributed by atoms with Gasteiger partial charge in [-0.25, -0.2) is 0 Å². The van der Waals surface area contributed by atoms with Crippen LogP contribution in [0.25, 0.3) is 5.65 Å². The van der Waals surface area contributed by atoms with E-state index < -0.39 is 0 Å². The van der Waals surface area contributed by atoms with Crippen LogP contribution in [0.3, 0.4) is 0 Å². The summed E-state index contributed by atoms with van der Waals surface area (Å²) < 4.78 is 6.64. The zero-order chi connectivity index (χ0) is 13.4. The summed E-state index contributed by atoms with van der Waals surface area (Å²) in [5.74, 6) is 1.67. The van der Waals surface area contributed by atoms with E-state index in [1.807, 2.05) is 0 Å². The fourth-order valence-corrected chi connectivity index (χ4v) is 2.79. The third kappa shape index (κ3) is 2.54. The van der Waals surface area contributed by atoms with E-state index >= 15 is 0 Å². The van der Waals surface area contributed by atoms with Crippen molar-refractivity contribution in [3.05, 3.63) is 34.0 Å². The summed E-state index contributed by atoms with van der Waals surface area (Å²) in [5, 5.41) is 13.5. The lowest BCUT2D eigenvalue weighted by Gasteiger charge is -1.99. The number of thioether (sulfide) groups is 1. The highest BCUT2D eigenvalue weighted by molar-refractivity contribution is 7.98. The third-order valence-electron chi connectivity index (χ3n) is 2.30. The molecular formula is C10H7Cl2N5OS. The Hall–Kier alpha value is -1.31. The van der Waals surface area contributed by atoms with E-state index in [1.54, 1.807) is 23.6 Å². The molecule has 3 aromatic heterocycles. The first-order valence-corrected chi connectivity index (χ1v) is 6.99. The average Bonchev–Trinajstić information content (AvgIpc) is 2.93. The summed E-state index contributed by atoms with van der Waals surface area (Å²) in [4.78, 5) is 4.12. The maximum Gasteiger partial charge on any atom is 0.223 e. The highest BCUT2D eigenvalue weighted by atomic mass is 35.5. The minimum Gasteiger partial charge on any atom is -0.340 e. The van der Waals surface area contributed by atoms with E-state index in [9.17, 15) is 0 Å². The molecule has 0 aliphatic heterocycles. The van der Waals surface area contributed by atoms with Crippen LogP contribution < -0.4 is 0 Å². The van der Waals surface area contributed by atoms with Crippen molar-refractivity contribution in [2.75, 3.05) is 0 Å². The highest BCUT2D eigenvalue weighted by Gasteiger charge is 2.12. The number of nitrogens with zero attached hydrogens (tertiary/aromatic N) is 5. The molecule has 0 aliphatic carbocycles. The van der Waals surface area contributed by atoms with Crippen molar-refractivity contribution in [1.29, 1.82) is 0 Å². The first kappa shape index (κ1) is 12.7. The number of hydrogen-bond donors (Lipinski definition) is 0. The van der Waals surface area contributed by atoms with Gasteiger partial charge in [0.15, 0.2) is 16.6 Å². The second-order valence-corrected chi connectivity index (χ2v) is 5.49. The lowest BCUT2D eigenvalue weighted by molar-refractivity contribution is 0.389. The Balaban J connectivity index is 1.89. The first-order chi connectivity index (χ1) is 9.13. The summed E-state index contributed by atoms with van der Waals surface area (Å²) in [6, 6.07) is 1.63. The van der Waals surface area contributed by atoms with Crippen LogP contribution in [0.5, 0.6) is 0 Å². The van der Waals surface area contributed by atoms with Gasteiger partial charge in [0, 0.05) is 13.1 Å². The highest BCUT2D eigenvalue weighted by Crippen LogP contribution is 2.26. The predicted octanol–water partition coefficient (Wildman–Crippen LogP) is 3.02. The molecule has 0 unspecified atom stereocenters. The summed E-state index contributed by atoms with van der Waals surface area (Å²) in [6.07, 6.45) is 1.71. The largest absolute Gasteiger partial charge is 0.340 e. The Morgan fingerprint density at radius 2 is 2.21 bits per heavy atom. The molecule has 19 heavy (non-hydrogen) atoms. The van der Waals surface area contributed by atoms with E-state index in [1.165, 1.54) is 11.8 Å². The van der Waals surface area contributed by atoms with Crippen LogP contribution in [-0.2, 0) is 5.75 Å². The van der Waals surface area contributed by atoms with E-state index in [0.29, 0.717) is 38.3 Å². The molecule has 0 saturated heterocycles. The molecule has 0 bridgehead atoms. The van der Waals surface area contributed by atoms with Crippen molar-refractivity contribution in [1.82, 2.24) is 24.7 Å². The topological polar surface area (TPSA) is 69.1 Å². The summed E-state index contributed by atoms with van der Waals surface area (Å²) >= 11 is 13.4. The van der Waals surface area contributed by atoms with E-state index in [-0.39, 0.29) is 0 Å². The Labute approximate surface area is 122 Å². The maximum absolute atomic E-state index is 6.04. The molecular weight excluding hydrogens is 309 g/mol. The minimum absolute atomic E-state index is 0.460. The number of fused-ring (bicyclic) bond motifs is 1. The van der Waals surface area contributed by atoms with Gasteiger partial charge in [-0.05, 0) is 6.07 Å². The van der Waals surface area contributed by atoms with Gasteiger partial charge in [-0.1, -0.05) is 40.1 Å². The summed E-state index contributed by atoms with van der Waals surface area (Å²) in [7, 11) is 0. The molecule has 0 spiro atoms. The number of pyridine rings is 1. The molecule has 0 fully saturated rings. The van der Waals surface area contributed by atoms with Gasteiger partial charge in [-0.15, -0.1) is 10.2 Å². The van der Waals surface area contributed by atoms with Gasteiger partial charge in [0.1, 0.15) is 0 Å². The number of aryl methyl sites for hydroxylation is 1. The standard InChI is InChI=1S/C10H7Cl2N5OS/c1-5-13-8(16-18-5)4-19-10-15-14-9-7(12)2-6(11)3-17(9)10/h2-3H,4H2,1H3. The van der Waals surface area contributed by atoms with Crippen molar-refractivity contribution >= 4 is 40.6 Å². The fourth-order valence-electron chi connectivity index (χ4n) is 1.53. The number of aromatic nitrogens is 5. The number of halogens is 2.